The molecule has 0 radical (unpaired) electrons. The summed E-state index contributed by atoms with van der Waals surface area (Å²) in [7, 11) is 3.02. The highest BCUT2D eigenvalue weighted by Crippen LogP contribution is 2.33. The molecule has 0 amide bonds. The van der Waals surface area contributed by atoms with Gasteiger partial charge in [-0.15, -0.1) is 0 Å². The maximum absolute atomic E-state index is 11.6. The highest BCUT2D eigenvalue weighted by atomic mass is 16.5. The minimum Gasteiger partial charge on any atom is -0.508 e. The van der Waals surface area contributed by atoms with Gasteiger partial charge in [-0.2, -0.15) is 0 Å². The summed E-state index contributed by atoms with van der Waals surface area (Å²) in [6.07, 6.45) is 0.192. The van der Waals surface area contributed by atoms with Crippen molar-refractivity contribution in [2.45, 2.75) is 12.3 Å². The van der Waals surface area contributed by atoms with Gasteiger partial charge in [-0.1, -0.05) is 24.3 Å². The van der Waals surface area contributed by atoms with E-state index in [2.05, 4.69) is 0 Å². The lowest BCUT2D eigenvalue weighted by Crippen LogP contribution is -2.14. The Morgan fingerprint density at radius 1 is 1.09 bits per heavy atom. The van der Waals surface area contributed by atoms with E-state index in [4.69, 9.17) is 9.47 Å². The lowest BCUT2D eigenvalue weighted by atomic mass is 9.91. The fourth-order valence-electron chi connectivity index (χ4n) is 2.32. The minimum absolute atomic E-state index is 0.0919. The first-order chi connectivity index (χ1) is 10.6. The van der Waals surface area contributed by atoms with E-state index in [1.807, 2.05) is 0 Å². The number of methoxy groups -OCH3 is 2. The molecule has 2 rings (SSSR count). The molecular formula is C17H18O5. The van der Waals surface area contributed by atoms with E-state index >= 15 is 0 Å². The SMILES string of the molecule is COc1ccc(C(Cc2ccccc2O)C(=O)O)cc1OC. The smallest absolute Gasteiger partial charge is 0.311 e. The Morgan fingerprint density at radius 2 is 1.77 bits per heavy atom. The zero-order chi connectivity index (χ0) is 16.1. The molecular weight excluding hydrogens is 284 g/mol. The van der Waals surface area contributed by atoms with Crippen LogP contribution in [0, 0.1) is 0 Å². The van der Waals surface area contributed by atoms with E-state index in [9.17, 15) is 15.0 Å². The molecule has 1 unspecified atom stereocenters. The number of phenols is 1. The third-order valence-corrected chi connectivity index (χ3v) is 3.52. The maximum Gasteiger partial charge on any atom is 0.311 e. The quantitative estimate of drug-likeness (QED) is 0.858. The number of ether oxygens (including phenoxy) is 2. The Hall–Kier alpha value is -2.69. The van der Waals surface area contributed by atoms with E-state index in [-0.39, 0.29) is 12.2 Å². The molecule has 2 N–H and O–H groups in total. The molecule has 0 saturated carbocycles. The average Bonchev–Trinajstić information content (AvgIpc) is 2.53. The normalized spacial score (nSPS) is 11.7. The van der Waals surface area contributed by atoms with Crippen molar-refractivity contribution in [1.29, 1.82) is 0 Å². The number of hydrogen-bond donors (Lipinski definition) is 2. The van der Waals surface area contributed by atoms with Crippen LogP contribution in [0.4, 0.5) is 0 Å². The van der Waals surface area contributed by atoms with Crippen LogP contribution in [0.3, 0.4) is 0 Å². The summed E-state index contributed by atoms with van der Waals surface area (Å²) in [5.74, 6) is -0.640. The minimum atomic E-state index is -0.963. The van der Waals surface area contributed by atoms with Crippen molar-refractivity contribution in [3.05, 3.63) is 53.6 Å². The number of rotatable bonds is 6. The predicted octanol–water partition coefficient (Wildman–Crippen LogP) is 2.82. The van der Waals surface area contributed by atoms with E-state index < -0.39 is 11.9 Å². The first-order valence-electron chi connectivity index (χ1n) is 6.78. The molecule has 0 aliphatic rings. The summed E-state index contributed by atoms with van der Waals surface area (Å²) in [4.78, 5) is 11.6. The molecule has 22 heavy (non-hydrogen) atoms. The zero-order valence-electron chi connectivity index (χ0n) is 12.4. The number of hydrogen-bond acceptors (Lipinski definition) is 4. The molecule has 0 aromatic heterocycles. The standard InChI is InChI=1S/C17H18O5/c1-21-15-8-7-11(10-16(15)22-2)13(17(19)20)9-12-5-3-4-6-14(12)18/h3-8,10,13,18H,9H2,1-2H3,(H,19,20). The summed E-state index contributed by atoms with van der Waals surface area (Å²) in [6.45, 7) is 0. The Kier molecular flexibility index (Phi) is 4.88. The second-order valence-electron chi connectivity index (χ2n) is 4.84. The first-order valence-corrected chi connectivity index (χ1v) is 6.78. The number of carboxylic acids is 1. The summed E-state index contributed by atoms with van der Waals surface area (Å²) in [5.41, 5.74) is 1.18. The third kappa shape index (κ3) is 3.31. The van der Waals surface area contributed by atoms with Gasteiger partial charge in [0, 0.05) is 0 Å². The van der Waals surface area contributed by atoms with Crippen LogP contribution in [0.5, 0.6) is 17.2 Å². The summed E-state index contributed by atoms with van der Waals surface area (Å²) >= 11 is 0. The van der Waals surface area contributed by atoms with Gasteiger partial charge in [0.15, 0.2) is 11.5 Å². The van der Waals surface area contributed by atoms with Gasteiger partial charge in [0.1, 0.15) is 5.75 Å². The highest BCUT2D eigenvalue weighted by molar-refractivity contribution is 5.77. The van der Waals surface area contributed by atoms with Crippen LogP contribution in [0.25, 0.3) is 0 Å². The average molecular weight is 302 g/mol. The second kappa shape index (κ2) is 6.85. The van der Waals surface area contributed by atoms with Gasteiger partial charge in [-0.3, -0.25) is 4.79 Å². The van der Waals surface area contributed by atoms with Gasteiger partial charge in [-0.25, -0.2) is 0 Å². The fraction of sp³-hybridized carbons (Fsp3) is 0.235. The topological polar surface area (TPSA) is 76.0 Å². The molecule has 1 atom stereocenters. The van der Waals surface area contributed by atoms with Crippen molar-refractivity contribution in [3.8, 4) is 17.2 Å². The molecule has 5 heteroatoms. The number of para-hydroxylation sites is 1. The number of aliphatic carboxylic acids is 1. The lowest BCUT2D eigenvalue weighted by Gasteiger charge is -2.16. The van der Waals surface area contributed by atoms with Crippen LogP contribution in [0.2, 0.25) is 0 Å². The third-order valence-electron chi connectivity index (χ3n) is 3.52. The Bertz CT molecular complexity index is 666. The predicted molar refractivity (Wildman–Crippen MR) is 81.7 cm³/mol. The first kappa shape index (κ1) is 15.7. The molecule has 0 heterocycles. The van der Waals surface area contributed by atoms with Crippen molar-refractivity contribution < 1.29 is 24.5 Å². The van der Waals surface area contributed by atoms with Crippen LogP contribution in [0.1, 0.15) is 17.0 Å². The van der Waals surface area contributed by atoms with Crippen LogP contribution < -0.4 is 9.47 Å². The number of phenolic OH excluding ortho intramolecular Hbond substituents is 1. The molecule has 2 aromatic carbocycles. The molecule has 0 fully saturated rings. The van der Waals surface area contributed by atoms with E-state index in [1.54, 1.807) is 42.5 Å². The number of benzene rings is 2. The molecule has 0 bridgehead atoms. The van der Waals surface area contributed by atoms with Crippen LogP contribution in [0.15, 0.2) is 42.5 Å². The monoisotopic (exact) mass is 302 g/mol. The van der Waals surface area contributed by atoms with Crippen LogP contribution in [-0.2, 0) is 11.2 Å². The molecule has 2 aromatic rings. The second-order valence-corrected chi connectivity index (χ2v) is 4.84. The van der Waals surface area contributed by atoms with Crippen molar-refractivity contribution in [2.24, 2.45) is 0 Å². The maximum atomic E-state index is 11.6. The summed E-state index contributed by atoms with van der Waals surface area (Å²) < 4.78 is 10.4. The fourth-order valence-corrected chi connectivity index (χ4v) is 2.32. The van der Waals surface area contributed by atoms with Gasteiger partial charge in [0.2, 0.25) is 0 Å². The van der Waals surface area contributed by atoms with Gasteiger partial charge in [0.05, 0.1) is 20.1 Å². The van der Waals surface area contributed by atoms with Crippen molar-refractivity contribution in [2.75, 3.05) is 14.2 Å². The molecule has 0 spiro atoms. The molecule has 0 aliphatic heterocycles. The summed E-state index contributed by atoms with van der Waals surface area (Å²) in [5, 5.41) is 19.3. The molecule has 116 valence electrons. The van der Waals surface area contributed by atoms with Gasteiger partial charge >= 0.3 is 5.97 Å². The molecule has 5 nitrogen and oxygen atoms in total. The molecule has 0 aliphatic carbocycles. The molecule has 0 saturated heterocycles. The largest absolute Gasteiger partial charge is 0.508 e. The van der Waals surface area contributed by atoms with Gasteiger partial charge in [0.25, 0.3) is 0 Å². The number of carboxylic acid groups (broad SMARTS) is 1. The van der Waals surface area contributed by atoms with Crippen LogP contribution in [-0.4, -0.2) is 30.4 Å². The zero-order valence-corrected chi connectivity index (χ0v) is 12.4. The van der Waals surface area contributed by atoms with E-state index in [0.29, 0.717) is 22.6 Å². The van der Waals surface area contributed by atoms with Gasteiger partial charge < -0.3 is 19.7 Å². The number of aromatic hydroxyl groups is 1. The van der Waals surface area contributed by atoms with Crippen molar-refractivity contribution in [1.82, 2.24) is 0 Å². The Labute approximate surface area is 128 Å². The van der Waals surface area contributed by atoms with Gasteiger partial charge in [-0.05, 0) is 35.7 Å². The van der Waals surface area contributed by atoms with E-state index in [1.165, 1.54) is 14.2 Å². The summed E-state index contributed by atoms with van der Waals surface area (Å²) in [6, 6.07) is 11.7. The Morgan fingerprint density at radius 3 is 2.36 bits per heavy atom. The van der Waals surface area contributed by atoms with Crippen molar-refractivity contribution in [3.63, 3.8) is 0 Å². The highest BCUT2D eigenvalue weighted by Gasteiger charge is 2.23. The lowest BCUT2D eigenvalue weighted by molar-refractivity contribution is -0.138. The number of carbonyl (C=O) groups is 1. The van der Waals surface area contributed by atoms with Crippen molar-refractivity contribution >= 4 is 5.97 Å². The Balaban J connectivity index is 2.36. The van der Waals surface area contributed by atoms with E-state index in [0.717, 1.165) is 0 Å². The van der Waals surface area contributed by atoms with Crippen LogP contribution >= 0.6 is 0 Å².